The predicted molar refractivity (Wildman–Crippen MR) is 108 cm³/mol. The van der Waals surface area contributed by atoms with Crippen LogP contribution in [0.1, 0.15) is 24.5 Å². The molecule has 0 aromatic carbocycles. The summed E-state index contributed by atoms with van der Waals surface area (Å²) in [6.45, 7) is 2.48. The van der Waals surface area contributed by atoms with Crippen LogP contribution < -0.4 is 5.56 Å². The molecule has 3 aromatic rings. The number of carbonyl (C=O) groups excluding carboxylic acids is 1. The van der Waals surface area contributed by atoms with Gasteiger partial charge in [0.25, 0.3) is 5.56 Å². The molecular weight excluding hydrogens is 392 g/mol. The summed E-state index contributed by atoms with van der Waals surface area (Å²) in [5.41, 5.74) is 1.59. The number of nitrogens with one attached hydrogen (secondary N) is 1. The molecule has 1 saturated heterocycles. The van der Waals surface area contributed by atoms with Crippen molar-refractivity contribution in [3.8, 4) is 11.4 Å². The minimum absolute atomic E-state index is 0.0116. The van der Waals surface area contributed by atoms with Crippen molar-refractivity contribution >= 4 is 17.5 Å². The van der Waals surface area contributed by atoms with Crippen LogP contribution in [0.4, 0.5) is 0 Å². The van der Waals surface area contributed by atoms with Crippen LogP contribution in [0, 0.1) is 5.92 Å². The number of aromatic amines is 1. The number of piperidine rings is 1. The third kappa shape index (κ3) is 3.37. The number of fused-ring (bicyclic) bond motifs is 4. The maximum Gasteiger partial charge on any atom is 0.261 e. The Labute approximate surface area is 172 Å². The van der Waals surface area contributed by atoms with Gasteiger partial charge in [0.1, 0.15) is 5.82 Å². The van der Waals surface area contributed by atoms with E-state index < -0.39 is 0 Å². The number of pyridine rings is 1. The molecule has 0 radical (unpaired) electrons. The molecule has 2 aliphatic heterocycles. The minimum Gasteiger partial charge on any atom is -0.344 e. The standard InChI is InChI=1S/C20H21ClN6O2/c21-15-8-24-26(12-15)6-3-18(28)25-9-13-7-14(11-25)17-2-1-16(19-22-4-5-23-19)20(29)27(17)10-13/h1-2,4-5,8,12-14H,3,6-7,9-11H2,(H,22,23)/t13-,14+/m0/s1. The summed E-state index contributed by atoms with van der Waals surface area (Å²) in [6.07, 6.45) is 8.06. The van der Waals surface area contributed by atoms with Crippen LogP contribution in [0.5, 0.6) is 0 Å². The van der Waals surface area contributed by atoms with Crippen molar-refractivity contribution in [3.05, 3.63) is 58.0 Å². The minimum atomic E-state index is -0.0116. The summed E-state index contributed by atoms with van der Waals surface area (Å²) in [5, 5.41) is 4.70. The summed E-state index contributed by atoms with van der Waals surface area (Å²) in [5.74, 6) is 1.18. The Bertz CT molecular complexity index is 1100. The van der Waals surface area contributed by atoms with Gasteiger partial charge in [-0.25, -0.2) is 4.98 Å². The average molecular weight is 413 g/mol. The van der Waals surface area contributed by atoms with Gasteiger partial charge in [0.05, 0.1) is 16.8 Å². The molecule has 2 atom stereocenters. The Morgan fingerprint density at radius 1 is 1.28 bits per heavy atom. The lowest BCUT2D eigenvalue weighted by Gasteiger charge is -2.43. The number of imidazole rings is 1. The number of carbonyl (C=O) groups is 1. The van der Waals surface area contributed by atoms with Crippen molar-refractivity contribution in [1.82, 2.24) is 29.2 Å². The van der Waals surface area contributed by atoms with E-state index in [1.807, 2.05) is 21.6 Å². The molecule has 0 aliphatic carbocycles. The van der Waals surface area contributed by atoms with E-state index in [1.165, 1.54) is 0 Å². The molecule has 2 aliphatic rings. The lowest BCUT2D eigenvalue weighted by Crippen LogP contribution is -2.49. The van der Waals surface area contributed by atoms with Crippen molar-refractivity contribution in [2.75, 3.05) is 13.1 Å². The van der Waals surface area contributed by atoms with Gasteiger partial charge in [-0.3, -0.25) is 14.3 Å². The number of halogens is 1. The summed E-state index contributed by atoms with van der Waals surface area (Å²) >= 11 is 5.88. The second kappa shape index (κ2) is 7.18. The highest BCUT2D eigenvalue weighted by Crippen LogP contribution is 2.35. The Kier molecular flexibility index (Phi) is 4.50. The van der Waals surface area contributed by atoms with Crippen molar-refractivity contribution in [2.45, 2.75) is 31.8 Å². The third-order valence-electron chi connectivity index (χ3n) is 5.87. The van der Waals surface area contributed by atoms with Gasteiger partial charge in [0.15, 0.2) is 0 Å². The summed E-state index contributed by atoms with van der Waals surface area (Å²) in [7, 11) is 0. The number of aromatic nitrogens is 5. The first kappa shape index (κ1) is 18.2. The molecule has 5 rings (SSSR count). The van der Waals surface area contributed by atoms with E-state index >= 15 is 0 Å². The smallest absolute Gasteiger partial charge is 0.261 e. The van der Waals surface area contributed by atoms with Crippen molar-refractivity contribution < 1.29 is 4.79 Å². The zero-order valence-corrected chi connectivity index (χ0v) is 16.5. The van der Waals surface area contributed by atoms with Crippen LogP contribution in [-0.2, 0) is 17.9 Å². The monoisotopic (exact) mass is 412 g/mol. The first-order chi connectivity index (χ1) is 14.1. The van der Waals surface area contributed by atoms with Crippen LogP contribution in [-0.4, -0.2) is 48.2 Å². The number of aryl methyl sites for hydroxylation is 1. The number of hydrogen-bond acceptors (Lipinski definition) is 4. The van der Waals surface area contributed by atoms with E-state index in [0.717, 1.165) is 12.1 Å². The van der Waals surface area contributed by atoms with E-state index in [4.69, 9.17) is 11.6 Å². The molecule has 1 fully saturated rings. The zero-order valence-electron chi connectivity index (χ0n) is 15.8. The molecule has 5 heterocycles. The topological polar surface area (TPSA) is 88.8 Å². The van der Waals surface area contributed by atoms with Crippen LogP contribution in [0.15, 0.2) is 41.7 Å². The second-order valence-corrected chi connectivity index (χ2v) is 8.23. The van der Waals surface area contributed by atoms with Gasteiger partial charge < -0.3 is 14.5 Å². The highest BCUT2D eigenvalue weighted by atomic mass is 35.5. The second-order valence-electron chi connectivity index (χ2n) is 7.79. The lowest BCUT2D eigenvalue weighted by atomic mass is 9.83. The Morgan fingerprint density at radius 3 is 2.93 bits per heavy atom. The van der Waals surface area contributed by atoms with E-state index in [-0.39, 0.29) is 23.3 Å². The fourth-order valence-corrected chi connectivity index (χ4v) is 4.73. The highest BCUT2D eigenvalue weighted by molar-refractivity contribution is 6.30. The maximum absolute atomic E-state index is 13.0. The molecule has 2 bridgehead atoms. The van der Waals surface area contributed by atoms with Crippen molar-refractivity contribution in [3.63, 3.8) is 0 Å². The maximum atomic E-state index is 13.0. The number of H-pyrrole nitrogens is 1. The quantitative estimate of drug-likeness (QED) is 0.710. The fourth-order valence-electron chi connectivity index (χ4n) is 4.57. The number of rotatable bonds is 4. The van der Waals surface area contributed by atoms with Crippen LogP contribution >= 0.6 is 11.6 Å². The number of amides is 1. The number of hydrogen-bond donors (Lipinski definition) is 1. The van der Waals surface area contributed by atoms with Crippen LogP contribution in [0.25, 0.3) is 11.4 Å². The molecule has 9 heteroatoms. The van der Waals surface area contributed by atoms with Gasteiger partial charge >= 0.3 is 0 Å². The van der Waals surface area contributed by atoms with E-state index in [0.29, 0.717) is 49.0 Å². The molecule has 150 valence electrons. The van der Waals surface area contributed by atoms with Crippen LogP contribution in [0.3, 0.4) is 0 Å². The van der Waals surface area contributed by atoms with E-state index in [2.05, 4.69) is 15.1 Å². The molecule has 0 spiro atoms. The molecule has 29 heavy (non-hydrogen) atoms. The Balaban J connectivity index is 1.34. The third-order valence-corrected chi connectivity index (χ3v) is 6.06. The Morgan fingerprint density at radius 2 is 2.17 bits per heavy atom. The molecule has 8 nitrogen and oxygen atoms in total. The molecule has 0 unspecified atom stereocenters. The van der Waals surface area contributed by atoms with Crippen molar-refractivity contribution in [2.24, 2.45) is 5.92 Å². The molecule has 1 amide bonds. The summed E-state index contributed by atoms with van der Waals surface area (Å²) in [4.78, 5) is 35.0. The number of likely N-dealkylation sites (tertiary alicyclic amines) is 1. The largest absolute Gasteiger partial charge is 0.344 e. The van der Waals surface area contributed by atoms with Gasteiger partial charge in [-0.2, -0.15) is 5.10 Å². The van der Waals surface area contributed by atoms with Gasteiger partial charge in [-0.05, 0) is 24.5 Å². The van der Waals surface area contributed by atoms with Gasteiger partial charge in [-0.1, -0.05) is 11.6 Å². The highest BCUT2D eigenvalue weighted by Gasteiger charge is 2.36. The number of nitrogens with zero attached hydrogens (tertiary/aromatic N) is 5. The fraction of sp³-hybridized carbons (Fsp3) is 0.400. The van der Waals surface area contributed by atoms with Crippen molar-refractivity contribution in [1.29, 1.82) is 0 Å². The molecule has 0 saturated carbocycles. The van der Waals surface area contributed by atoms with E-state index in [9.17, 15) is 9.59 Å². The molecule has 3 aromatic heterocycles. The molecular formula is C20H21ClN6O2. The molecule has 1 N–H and O–H groups in total. The van der Waals surface area contributed by atoms with Gasteiger partial charge in [0.2, 0.25) is 5.91 Å². The predicted octanol–water partition coefficient (Wildman–Crippen LogP) is 2.12. The van der Waals surface area contributed by atoms with Gasteiger partial charge in [0, 0.05) is 62.8 Å². The average Bonchev–Trinajstić information content (AvgIpc) is 3.39. The SMILES string of the molecule is O=C(CCn1cc(Cl)cn1)N1C[C@@H]2C[C@H](C1)c1ccc(-c3ncc[nH]3)c(=O)n1C2. The first-order valence-electron chi connectivity index (χ1n) is 9.77. The summed E-state index contributed by atoms with van der Waals surface area (Å²) in [6, 6.07) is 3.86. The zero-order chi connectivity index (χ0) is 20.0. The lowest BCUT2D eigenvalue weighted by molar-refractivity contribution is -0.134. The normalized spacial score (nSPS) is 20.5. The Hall–Kier alpha value is -2.87. The summed E-state index contributed by atoms with van der Waals surface area (Å²) < 4.78 is 3.57. The van der Waals surface area contributed by atoms with Crippen LogP contribution in [0.2, 0.25) is 5.02 Å². The van der Waals surface area contributed by atoms with Gasteiger partial charge in [-0.15, -0.1) is 0 Å². The first-order valence-corrected chi connectivity index (χ1v) is 10.2. The van der Waals surface area contributed by atoms with E-state index in [1.54, 1.807) is 29.5 Å².